The van der Waals surface area contributed by atoms with E-state index in [0.717, 1.165) is 11.3 Å². The van der Waals surface area contributed by atoms with E-state index in [2.05, 4.69) is 15.0 Å². The molecule has 0 unspecified atom stereocenters. The van der Waals surface area contributed by atoms with Crippen molar-refractivity contribution in [3.63, 3.8) is 0 Å². The molecule has 0 saturated carbocycles. The molecule has 28 heavy (non-hydrogen) atoms. The number of hydrogen-bond donors (Lipinski definition) is 3. The smallest absolute Gasteiger partial charge is 0.269 e. The highest BCUT2D eigenvalue weighted by molar-refractivity contribution is 7.89. The van der Waals surface area contributed by atoms with Crippen molar-refractivity contribution in [2.75, 3.05) is 13.1 Å². The average molecular weight is 417 g/mol. The summed E-state index contributed by atoms with van der Waals surface area (Å²) in [6.07, 6.45) is 1.53. The molecule has 0 bridgehead atoms. The summed E-state index contributed by atoms with van der Waals surface area (Å²) in [4.78, 5) is 15.6. The first-order chi connectivity index (χ1) is 13.4. The summed E-state index contributed by atoms with van der Waals surface area (Å²) in [5.41, 5.74) is 2.09. The SMILES string of the molecule is Cc1ccc(S(=O)(=O)NCCNC(=O)c2c[nH]c(=S)n2-c2ccccc2)cc1. The van der Waals surface area contributed by atoms with E-state index in [-0.39, 0.29) is 23.9 Å². The fourth-order valence-electron chi connectivity index (χ4n) is 2.62. The zero-order valence-corrected chi connectivity index (χ0v) is 16.8. The van der Waals surface area contributed by atoms with E-state index in [0.29, 0.717) is 10.5 Å². The molecule has 3 N–H and O–H groups in total. The molecule has 0 aliphatic rings. The number of amides is 1. The van der Waals surface area contributed by atoms with Crippen LogP contribution in [0.3, 0.4) is 0 Å². The topological polar surface area (TPSA) is 96.0 Å². The number of sulfonamides is 1. The molecule has 1 aromatic heterocycles. The van der Waals surface area contributed by atoms with Crippen LogP contribution in [-0.2, 0) is 10.0 Å². The number of nitrogens with zero attached hydrogens (tertiary/aromatic N) is 1. The first-order valence-corrected chi connectivity index (χ1v) is 10.5. The molecule has 0 aliphatic carbocycles. The maximum Gasteiger partial charge on any atom is 0.269 e. The van der Waals surface area contributed by atoms with Gasteiger partial charge in [-0.25, -0.2) is 13.1 Å². The van der Waals surface area contributed by atoms with Gasteiger partial charge in [0.1, 0.15) is 5.69 Å². The highest BCUT2D eigenvalue weighted by Gasteiger charge is 2.15. The van der Waals surface area contributed by atoms with Gasteiger partial charge in [0.15, 0.2) is 4.77 Å². The molecule has 0 atom stereocenters. The summed E-state index contributed by atoms with van der Waals surface area (Å²) in [7, 11) is -3.62. The van der Waals surface area contributed by atoms with Crippen molar-refractivity contribution in [1.29, 1.82) is 0 Å². The summed E-state index contributed by atoms with van der Waals surface area (Å²) >= 11 is 5.26. The zero-order valence-electron chi connectivity index (χ0n) is 15.2. The molecule has 1 amide bonds. The van der Waals surface area contributed by atoms with Crippen LogP contribution < -0.4 is 10.0 Å². The van der Waals surface area contributed by atoms with Crippen LogP contribution in [-0.4, -0.2) is 37.0 Å². The van der Waals surface area contributed by atoms with Gasteiger partial charge in [-0.3, -0.25) is 9.36 Å². The number of aromatic nitrogens is 2. The number of hydrogen-bond acceptors (Lipinski definition) is 4. The Morgan fingerprint density at radius 3 is 2.43 bits per heavy atom. The maximum absolute atomic E-state index is 12.5. The summed E-state index contributed by atoms with van der Waals surface area (Å²) in [6, 6.07) is 15.8. The van der Waals surface area contributed by atoms with Gasteiger partial charge < -0.3 is 10.3 Å². The number of carbonyl (C=O) groups excluding carboxylic acids is 1. The van der Waals surface area contributed by atoms with Crippen molar-refractivity contribution in [3.8, 4) is 5.69 Å². The van der Waals surface area contributed by atoms with Crippen LogP contribution in [0.4, 0.5) is 0 Å². The Labute approximate surface area is 168 Å². The van der Waals surface area contributed by atoms with Crippen molar-refractivity contribution < 1.29 is 13.2 Å². The van der Waals surface area contributed by atoms with E-state index in [4.69, 9.17) is 12.2 Å². The molecule has 0 spiro atoms. The van der Waals surface area contributed by atoms with Crippen LogP contribution >= 0.6 is 12.2 Å². The fourth-order valence-corrected chi connectivity index (χ4v) is 3.92. The van der Waals surface area contributed by atoms with Crippen molar-refractivity contribution in [2.45, 2.75) is 11.8 Å². The molecule has 7 nitrogen and oxygen atoms in total. The lowest BCUT2D eigenvalue weighted by Gasteiger charge is -2.10. The van der Waals surface area contributed by atoms with Gasteiger partial charge in [-0.15, -0.1) is 0 Å². The largest absolute Gasteiger partial charge is 0.349 e. The van der Waals surface area contributed by atoms with Gasteiger partial charge in [0, 0.05) is 25.0 Å². The number of H-pyrrole nitrogens is 1. The number of aromatic amines is 1. The molecule has 0 aliphatic heterocycles. The first-order valence-electron chi connectivity index (χ1n) is 8.59. The number of aryl methyl sites for hydroxylation is 1. The van der Waals surface area contributed by atoms with Gasteiger partial charge >= 0.3 is 0 Å². The van der Waals surface area contributed by atoms with E-state index < -0.39 is 10.0 Å². The molecule has 3 rings (SSSR count). The minimum absolute atomic E-state index is 0.0679. The number of benzene rings is 2. The third-order valence-electron chi connectivity index (χ3n) is 4.06. The average Bonchev–Trinajstić information content (AvgIpc) is 3.08. The Balaban J connectivity index is 1.61. The Morgan fingerprint density at radius 2 is 1.75 bits per heavy atom. The van der Waals surface area contributed by atoms with Gasteiger partial charge in [0.2, 0.25) is 10.0 Å². The molecule has 146 valence electrons. The van der Waals surface area contributed by atoms with Gasteiger partial charge in [0.05, 0.1) is 4.90 Å². The number of nitrogens with one attached hydrogen (secondary N) is 3. The lowest BCUT2D eigenvalue weighted by molar-refractivity contribution is 0.0947. The van der Waals surface area contributed by atoms with E-state index in [1.54, 1.807) is 28.8 Å². The van der Waals surface area contributed by atoms with E-state index >= 15 is 0 Å². The summed E-state index contributed by atoms with van der Waals surface area (Å²) in [5.74, 6) is -0.356. The zero-order chi connectivity index (χ0) is 20.1. The first kappa shape index (κ1) is 20.0. The van der Waals surface area contributed by atoms with Crippen LogP contribution in [0.25, 0.3) is 5.69 Å². The molecule has 1 heterocycles. The number of rotatable bonds is 7. The van der Waals surface area contributed by atoms with Crippen LogP contribution in [0, 0.1) is 11.7 Å². The molecule has 2 aromatic carbocycles. The molecular weight excluding hydrogens is 396 g/mol. The van der Waals surface area contributed by atoms with E-state index in [1.165, 1.54) is 6.20 Å². The lowest BCUT2D eigenvalue weighted by Crippen LogP contribution is -2.35. The quantitative estimate of drug-likeness (QED) is 0.407. The predicted octanol–water partition coefficient (Wildman–Crippen LogP) is 2.55. The van der Waals surface area contributed by atoms with Gasteiger partial charge in [-0.05, 0) is 43.4 Å². The Bertz CT molecular complexity index is 1120. The maximum atomic E-state index is 12.5. The second-order valence-corrected chi connectivity index (χ2v) is 8.27. The molecular formula is C19H20N4O3S2. The van der Waals surface area contributed by atoms with E-state index in [9.17, 15) is 13.2 Å². The van der Waals surface area contributed by atoms with Crippen molar-refractivity contribution in [2.24, 2.45) is 0 Å². The molecule has 0 radical (unpaired) electrons. The molecule has 9 heteroatoms. The van der Waals surface area contributed by atoms with Gasteiger partial charge in [0.25, 0.3) is 5.91 Å². The second kappa shape index (κ2) is 8.51. The number of para-hydroxylation sites is 1. The fraction of sp³-hybridized carbons (Fsp3) is 0.158. The summed E-state index contributed by atoms with van der Waals surface area (Å²) in [6.45, 7) is 2.09. The number of carbonyl (C=O) groups is 1. The van der Waals surface area contributed by atoms with Crippen LogP contribution in [0.1, 0.15) is 16.1 Å². The second-order valence-electron chi connectivity index (χ2n) is 6.12. The minimum atomic E-state index is -3.62. The minimum Gasteiger partial charge on any atom is -0.349 e. The Hall–Kier alpha value is -2.75. The lowest BCUT2D eigenvalue weighted by atomic mass is 10.2. The van der Waals surface area contributed by atoms with Crippen molar-refractivity contribution in [3.05, 3.63) is 76.8 Å². The van der Waals surface area contributed by atoms with Crippen LogP contribution in [0.5, 0.6) is 0 Å². The van der Waals surface area contributed by atoms with E-state index in [1.807, 2.05) is 37.3 Å². The van der Waals surface area contributed by atoms with Gasteiger partial charge in [-0.1, -0.05) is 35.9 Å². The summed E-state index contributed by atoms with van der Waals surface area (Å²) in [5, 5.41) is 2.70. The highest BCUT2D eigenvalue weighted by atomic mass is 32.2. The van der Waals surface area contributed by atoms with Crippen LogP contribution in [0.15, 0.2) is 65.7 Å². The number of imidazole rings is 1. The van der Waals surface area contributed by atoms with Crippen molar-refractivity contribution >= 4 is 28.1 Å². The van der Waals surface area contributed by atoms with Crippen LogP contribution in [0.2, 0.25) is 0 Å². The highest BCUT2D eigenvalue weighted by Crippen LogP contribution is 2.12. The normalized spacial score (nSPS) is 11.3. The molecule has 3 aromatic rings. The third-order valence-corrected chi connectivity index (χ3v) is 5.83. The predicted molar refractivity (Wildman–Crippen MR) is 110 cm³/mol. The monoisotopic (exact) mass is 416 g/mol. The van der Waals surface area contributed by atoms with Crippen molar-refractivity contribution in [1.82, 2.24) is 19.6 Å². The Morgan fingerprint density at radius 1 is 1.07 bits per heavy atom. The summed E-state index contributed by atoms with van der Waals surface area (Å²) < 4.78 is 29.0. The molecule has 0 fully saturated rings. The molecule has 0 saturated heterocycles. The van der Waals surface area contributed by atoms with Gasteiger partial charge in [-0.2, -0.15) is 0 Å². The Kier molecular flexibility index (Phi) is 6.08. The third kappa shape index (κ3) is 4.56. The standard InChI is InChI=1S/C19H20N4O3S2/c1-14-7-9-16(10-8-14)28(25,26)22-12-11-20-18(24)17-13-21-19(27)23(17)15-5-3-2-4-6-15/h2-10,13,22H,11-12H2,1H3,(H,20,24)(H,21,27).